The van der Waals surface area contributed by atoms with E-state index < -0.39 is 4.33 Å². The SMILES string of the molecule is CCC(C)c1noc(C(C)(Cl)Cl)n1. The van der Waals surface area contributed by atoms with E-state index in [0.717, 1.165) is 6.42 Å². The van der Waals surface area contributed by atoms with Crippen molar-refractivity contribution in [3.8, 4) is 0 Å². The predicted molar refractivity (Wildman–Crippen MR) is 52.1 cm³/mol. The molecule has 0 spiro atoms. The van der Waals surface area contributed by atoms with Crippen LogP contribution in [-0.4, -0.2) is 10.1 Å². The summed E-state index contributed by atoms with van der Waals surface area (Å²) in [7, 11) is 0. The molecule has 74 valence electrons. The minimum atomic E-state index is -1.10. The fourth-order valence-corrected chi connectivity index (χ4v) is 0.949. The van der Waals surface area contributed by atoms with E-state index >= 15 is 0 Å². The van der Waals surface area contributed by atoms with Crippen molar-refractivity contribution in [2.24, 2.45) is 0 Å². The zero-order valence-corrected chi connectivity index (χ0v) is 9.35. The van der Waals surface area contributed by atoms with E-state index in [1.54, 1.807) is 6.92 Å². The molecule has 13 heavy (non-hydrogen) atoms. The van der Waals surface area contributed by atoms with Gasteiger partial charge in [0.1, 0.15) is 0 Å². The van der Waals surface area contributed by atoms with E-state index in [4.69, 9.17) is 27.7 Å². The van der Waals surface area contributed by atoms with Crippen molar-refractivity contribution < 1.29 is 4.52 Å². The predicted octanol–water partition coefficient (Wildman–Crippen LogP) is 3.23. The molecule has 1 heterocycles. The zero-order chi connectivity index (χ0) is 10.1. The maximum atomic E-state index is 5.79. The third kappa shape index (κ3) is 2.58. The van der Waals surface area contributed by atoms with Crippen LogP contribution in [0.3, 0.4) is 0 Å². The Balaban J connectivity index is 2.87. The number of hydrogen-bond acceptors (Lipinski definition) is 3. The van der Waals surface area contributed by atoms with Crippen LogP contribution in [-0.2, 0) is 4.33 Å². The Labute approximate surface area is 87.4 Å². The second kappa shape index (κ2) is 3.84. The maximum Gasteiger partial charge on any atom is 0.262 e. The van der Waals surface area contributed by atoms with Gasteiger partial charge in [-0.15, -0.1) is 0 Å². The van der Waals surface area contributed by atoms with Crippen molar-refractivity contribution in [2.75, 3.05) is 0 Å². The van der Waals surface area contributed by atoms with Crippen LogP contribution >= 0.6 is 23.2 Å². The van der Waals surface area contributed by atoms with Crippen LogP contribution in [0.5, 0.6) is 0 Å². The smallest absolute Gasteiger partial charge is 0.262 e. The highest BCUT2D eigenvalue weighted by Crippen LogP contribution is 2.32. The molecule has 5 heteroatoms. The molecule has 0 fully saturated rings. The molecule has 1 unspecified atom stereocenters. The minimum absolute atomic E-state index is 0.256. The minimum Gasteiger partial charge on any atom is -0.336 e. The van der Waals surface area contributed by atoms with Crippen LogP contribution in [0.4, 0.5) is 0 Å². The average Bonchev–Trinajstić information content (AvgIpc) is 2.50. The first-order valence-electron chi connectivity index (χ1n) is 4.17. The lowest BCUT2D eigenvalue weighted by molar-refractivity contribution is 0.363. The van der Waals surface area contributed by atoms with Gasteiger partial charge in [0.15, 0.2) is 10.2 Å². The van der Waals surface area contributed by atoms with Gasteiger partial charge in [-0.05, 0) is 13.3 Å². The number of rotatable bonds is 3. The quantitative estimate of drug-likeness (QED) is 0.738. The van der Waals surface area contributed by atoms with Gasteiger partial charge in [-0.1, -0.05) is 42.2 Å². The summed E-state index contributed by atoms with van der Waals surface area (Å²) >= 11 is 11.6. The molecule has 0 aliphatic carbocycles. The van der Waals surface area contributed by atoms with E-state index in [9.17, 15) is 0 Å². The summed E-state index contributed by atoms with van der Waals surface area (Å²) in [6.07, 6.45) is 0.959. The van der Waals surface area contributed by atoms with Gasteiger partial charge in [-0.3, -0.25) is 0 Å². The molecule has 1 rings (SSSR count). The summed E-state index contributed by atoms with van der Waals surface area (Å²) < 4.78 is 3.83. The van der Waals surface area contributed by atoms with E-state index in [-0.39, 0.29) is 11.8 Å². The van der Waals surface area contributed by atoms with Crippen molar-refractivity contribution in [3.05, 3.63) is 11.7 Å². The topological polar surface area (TPSA) is 38.9 Å². The second-order valence-corrected chi connectivity index (χ2v) is 4.86. The number of nitrogens with zero attached hydrogens (tertiary/aromatic N) is 2. The third-order valence-electron chi connectivity index (χ3n) is 1.87. The molecule has 0 aliphatic heterocycles. The Morgan fingerprint density at radius 2 is 2.15 bits per heavy atom. The van der Waals surface area contributed by atoms with Crippen LogP contribution in [0, 0.1) is 0 Å². The zero-order valence-electron chi connectivity index (χ0n) is 7.84. The van der Waals surface area contributed by atoms with Crippen LogP contribution in [0.1, 0.15) is 44.8 Å². The van der Waals surface area contributed by atoms with E-state index in [1.807, 2.05) is 6.92 Å². The van der Waals surface area contributed by atoms with E-state index in [2.05, 4.69) is 17.1 Å². The van der Waals surface area contributed by atoms with Crippen LogP contribution in [0.2, 0.25) is 0 Å². The maximum absolute atomic E-state index is 5.79. The van der Waals surface area contributed by atoms with Gasteiger partial charge in [0.2, 0.25) is 0 Å². The number of alkyl halides is 2. The van der Waals surface area contributed by atoms with Gasteiger partial charge in [0.25, 0.3) is 5.89 Å². The third-order valence-corrected chi connectivity index (χ3v) is 2.19. The van der Waals surface area contributed by atoms with Gasteiger partial charge >= 0.3 is 0 Å². The van der Waals surface area contributed by atoms with Crippen LogP contribution in [0.15, 0.2) is 4.52 Å². The molecule has 0 amide bonds. The van der Waals surface area contributed by atoms with Crippen LogP contribution in [0.25, 0.3) is 0 Å². The molecule has 1 atom stereocenters. The number of hydrogen-bond donors (Lipinski definition) is 0. The standard InChI is InChI=1S/C8H12Cl2N2O/c1-4-5(2)6-11-7(13-12-6)8(3,9)10/h5H,4H2,1-3H3. The number of aromatic nitrogens is 2. The molecule has 3 nitrogen and oxygen atoms in total. The summed E-state index contributed by atoms with van der Waals surface area (Å²) in [6, 6.07) is 0. The molecule has 1 aromatic rings. The van der Waals surface area contributed by atoms with Crippen molar-refractivity contribution in [1.82, 2.24) is 10.1 Å². The molecule has 0 N–H and O–H groups in total. The molecule has 0 saturated heterocycles. The molecular weight excluding hydrogens is 211 g/mol. The summed E-state index contributed by atoms with van der Waals surface area (Å²) in [5, 5.41) is 3.80. The van der Waals surface area contributed by atoms with E-state index in [1.165, 1.54) is 0 Å². The van der Waals surface area contributed by atoms with Crippen molar-refractivity contribution in [3.63, 3.8) is 0 Å². The summed E-state index contributed by atoms with van der Waals surface area (Å²) in [6.45, 7) is 5.68. The largest absolute Gasteiger partial charge is 0.336 e. The first-order valence-corrected chi connectivity index (χ1v) is 4.92. The van der Waals surface area contributed by atoms with Gasteiger partial charge in [-0.2, -0.15) is 4.98 Å². The van der Waals surface area contributed by atoms with Gasteiger partial charge < -0.3 is 4.52 Å². The molecule has 0 saturated carbocycles. The Kier molecular flexibility index (Phi) is 3.19. The van der Waals surface area contributed by atoms with Crippen molar-refractivity contribution in [1.29, 1.82) is 0 Å². The van der Waals surface area contributed by atoms with Gasteiger partial charge in [0, 0.05) is 5.92 Å². The fraction of sp³-hybridized carbons (Fsp3) is 0.750. The molecular formula is C8H12Cl2N2O. The van der Waals surface area contributed by atoms with Crippen LogP contribution < -0.4 is 0 Å². The van der Waals surface area contributed by atoms with Crippen molar-refractivity contribution in [2.45, 2.75) is 37.4 Å². The lowest BCUT2D eigenvalue weighted by atomic mass is 10.1. The van der Waals surface area contributed by atoms with E-state index in [0.29, 0.717) is 5.82 Å². The Morgan fingerprint density at radius 3 is 2.54 bits per heavy atom. The normalized spacial score (nSPS) is 14.5. The lowest BCUT2D eigenvalue weighted by Gasteiger charge is -2.04. The van der Waals surface area contributed by atoms with Crippen molar-refractivity contribution >= 4 is 23.2 Å². The first-order chi connectivity index (χ1) is 5.95. The highest BCUT2D eigenvalue weighted by atomic mass is 35.5. The summed E-state index contributed by atoms with van der Waals surface area (Å²) in [4.78, 5) is 4.11. The molecule has 0 bridgehead atoms. The molecule has 1 aromatic heterocycles. The first kappa shape index (κ1) is 10.8. The molecule has 0 aliphatic rings. The summed E-state index contributed by atoms with van der Waals surface area (Å²) in [5.41, 5.74) is 0. The van der Waals surface area contributed by atoms with Gasteiger partial charge in [0.05, 0.1) is 0 Å². The number of halogens is 2. The van der Waals surface area contributed by atoms with Gasteiger partial charge in [-0.25, -0.2) is 0 Å². The summed E-state index contributed by atoms with van der Waals surface area (Å²) in [5.74, 6) is 1.18. The Bertz CT molecular complexity index is 280. The average molecular weight is 223 g/mol. The monoisotopic (exact) mass is 222 g/mol. The molecule has 0 aromatic carbocycles. The Morgan fingerprint density at radius 1 is 1.54 bits per heavy atom. The highest BCUT2D eigenvalue weighted by molar-refractivity contribution is 6.47. The fourth-order valence-electron chi connectivity index (χ4n) is 0.796. The Hall–Kier alpha value is -0.280. The molecule has 0 radical (unpaired) electrons. The second-order valence-electron chi connectivity index (χ2n) is 3.16. The lowest BCUT2D eigenvalue weighted by Crippen LogP contribution is -2.04. The highest BCUT2D eigenvalue weighted by Gasteiger charge is 2.28.